The minimum Gasteiger partial charge on any atom is -0.345 e. The van der Waals surface area contributed by atoms with Gasteiger partial charge in [-0.3, -0.25) is 9.52 Å². The van der Waals surface area contributed by atoms with E-state index >= 15 is 0 Å². The Morgan fingerprint density at radius 3 is 2.39 bits per heavy atom. The molecule has 2 aromatic carbocycles. The van der Waals surface area contributed by atoms with Gasteiger partial charge in [0.25, 0.3) is 5.91 Å². The Labute approximate surface area is 136 Å². The summed E-state index contributed by atoms with van der Waals surface area (Å²) in [6, 6.07) is 16.1. The van der Waals surface area contributed by atoms with Gasteiger partial charge in [0.15, 0.2) is 0 Å². The molecule has 0 saturated heterocycles. The quantitative estimate of drug-likeness (QED) is 0.854. The van der Waals surface area contributed by atoms with Gasteiger partial charge in [-0.2, -0.15) is 0 Å². The molecule has 2 rings (SSSR count). The van der Waals surface area contributed by atoms with Gasteiger partial charge in [0.05, 0.1) is 12.3 Å². The molecule has 0 unspecified atom stereocenters. The van der Waals surface area contributed by atoms with Crippen molar-refractivity contribution in [2.45, 2.75) is 19.4 Å². The molecule has 122 valence electrons. The van der Waals surface area contributed by atoms with Gasteiger partial charge in [0.1, 0.15) is 0 Å². The Morgan fingerprint density at radius 1 is 1.09 bits per heavy atom. The molecular formula is C17H20N2O3S. The van der Waals surface area contributed by atoms with Crippen LogP contribution in [0.2, 0.25) is 0 Å². The van der Waals surface area contributed by atoms with Gasteiger partial charge < -0.3 is 5.32 Å². The van der Waals surface area contributed by atoms with Crippen molar-refractivity contribution in [2.75, 3.05) is 11.0 Å². The summed E-state index contributed by atoms with van der Waals surface area (Å²) in [5.41, 5.74) is 1.81. The van der Waals surface area contributed by atoms with Crippen LogP contribution in [0.1, 0.15) is 35.3 Å². The molecule has 1 atom stereocenters. The molecule has 0 saturated carbocycles. The molecule has 0 bridgehead atoms. The number of hydrogen-bond donors (Lipinski definition) is 2. The summed E-state index contributed by atoms with van der Waals surface area (Å²) >= 11 is 0. The molecule has 0 aliphatic rings. The topological polar surface area (TPSA) is 75.3 Å². The number of carbonyl (C=O) groups is 1. The highest BCUT2D eigenvalue weighted by Gasteiger charge is 2.14. The van der Waals surface area contributed by atoms with E-state index in [1.54, 1.807) is 18.2 Å². The Bertz CT molecular complexity index is 773. The fourth-order valence-electron chi connectivity index (χ4n) is 2.29. The number of nitrogens with one attached hydrogen (secondary N) is 2. The van der Waals surface area contributed by atoms with Crippen molar-refractivity contribution in [3.63, 3.8) is 0 Å². The Balaban J connectivity index is 2.15. The van der Waals surface area contributed by atoms with E-state index in [0.717, 1.165) is 18.2 Å². The zero-order chi connectivity index (χ0) is 16.9. The van der Waals surface area contributed by atoms with Crippen molar-refractivity contribution in [3.05, 3.63) is 65.7 Å². The van der Waals surface area contributed by atoms with Crippen LogP contribution in [-0.4, -0.2) is 20.6 Å². The van der Waals surface area contributed by atoms with Crippen LogP contribution in [0.3, 0.4) is 0 Å². The number of sulfonamides is 1. The zero-order valence-electron chi connectivity index (χ0n) is 13.1. The maximum atomic E-state index is 12.4. The van der Waals surface area contributed by atoms with Crippen LogP contribution < -0.4 is 10.0 Å². The predicted octanol–water partition coefficient (Wildman–Crippen LogP) is 2.94. The van der Waals surface area contributed by atoms with Crippen molar-refractivity contribution < 1.29 is 13.2 Å². The minimum absolute atomic E-state index is 0.0878. The average molecular weight is 332 g/mol. The number of hydrogen-bond acceptors (Lipinski definition) is 3. The van der Waals surface area contributed by atoms with Gasteiger partial charge in [-0.1, -0.05) is 43.3 Å². The third kappa shape index (κ3) is 5.10. The van der Waals surface area contributed by atoms with E-state index in [0.29, 0.717) is 11.3 Å². The molecule has 2 N–H and O–H groups in total. The highest BCUT2D eigenvalue weighted by molar-refractivity contribution is 7.92. The number of rotatable bonds is 6. The second-order valence-corrected chi connectivity index (χ2v) is 7.05. The van der Waals surface area contributed by atoms with Gasteiger partial charge >= 0.3 is 0 Å². The SMILES string of the molecule is CC[C@H](NC(=O)c1cccc(NS(C)(=O)=O)c1)c1ccccc1. The Morgan fingerprint density at radius 2 is 1.78 bits per heavy atom. The lowest BCUT2D eigenvalue weighted by atomic mass is 10.0. The largest absolute Gasteiger partial charge is 0.345 e. The highest BCUT2D eigenvalue weighted by Crippen LogP contribution is 2.18. The third-order valence-electron chi connectivity index (χ3n) is 3.34. The summed E-state index contributed by atoms with van der Waals surface area (Å²) in [4.78, 5) is 12.4. The first-order valence-corrected chi connectivity index (χ1v) is 9.22. The van der Waals surface area contributed by atoms with Crippen molar-refractivity contribution in [1.82, 2.24) is 5.32 Å². The van der Waals surface area contributed by atoms with Crippen LogP contribution in [0.25, 0.3) is 0 Å². The van der Waals surface area contributed by atoms with E-state index in [1.807, 2.05) is 37.3 Å². The van der Waals surface area contributed by atoms with E-state index in [-0.39, 0.29) is 11.9 Å². The standard InChI is InChI=1S/C17H20N2O3S/c1-3-16(13-8-5-4-6-9-13)18-17(20)14-10-7-11-15(12-14)19-23(2,21)22/h4-12,16,19H,3H2,1-2H3,(H,18,20)/t16-/m0/s1. The predicted molar refractivity (Wildman–Crippen MR) is 91.8 cm³/mol. The minimum atomic E-state index is -3.37. The van der Waals surface area contributed by atoms with Crippen LogP contribution in [0, 0.1) is 0 Å². The molecular weight excluding hydrogens is 312 g/mol. The Kier molecular flexibility index (Phi) is 5.39. The van der Waals surface area contributed by atoms with Crippen LogP contribution in [0.15, 0.2) is 54.6 Å². The molecule has 0 heterocycles. The summed E-state index contributed by atoms with van der Waals surface area (Å²) in [6.45, 7) is 2.00. The normalized spacial score (nSPS) is 12.4. The van der Waals surface area contributed by atoms with Crippen molar-refractivity contribution >= 4 is 21.6 Å². The molecule has 0 aliphatic carbocycles. The lowest BCUT2D eigenvalue weighted by Gasteiger charge is -2.17. The first kappa shape index (κ1) is 17.0. The highest BCUT2D eigenvalue weighted by atomic mass is 32.2. The summed E-state index contributed by atoms with van der Waals surface area (Å²) in [5, 5.41) is 2.97. The fraction of sp³-hybridized carbons (Fsp3) is 0.235. The van der Waals surface area contributed by atoms with Gasteiger partial charge in [-0.15, -0.1) is 0 Å². The second-order valence-electron chi connectivity index (χ2n) is 5.30. The van der Waals surface area contributed by atoms with E-state index in [9.17, 15) is 13.2 Å². The van der Waals surface area contributed by atoms with Gasteiger partial charge in [0, 0.05) is 11.3 Å². The monoisotopic (exact) mass is 332 g/mol. The lowest BCUT2D eigenvalue weighted by molar-refractivity contribution is 0.0935. The molecule has 0 fully saturated rings. The molecule has 0 spiro atoms. The summed E-state index contributed by atoms with van der Waals surface area (Å²) in [5.74, 6) is -0.238. The summed E-state index contributed by atoms with van der Waals surface area (Å²) in [6.07, 6.45) is 1.83. The molecule has 5 nitrogen and oxygen atoms in total. The second kappa shape index (κ2) is 7.28. The number of anilines is 1. The Hall–Kier alpha value is -2.34. The molecule has 0 aliphatic heterocycles. The molecule has 0 aromatic heterocycles. The number of carbonyl (C=O) groups excluding carboxylic acids is 1. The average Bonchev–Trinajstić information content (AvgIpc) is 2.52. The van der Waals surface area contributed by atoms with Gasteiger partial charge in [-0.05, 0) is 30.2 Å². The van der Waals surface area contributed by atoms with Crippen molar-refractivity contribution in [3.8, 4) is 0 Å². The molecule has 1 amide bonds. The van der Waals surface area contributed by atoms with Crippen molar-refractivity contribution in [1.29, 1.82) is 0 Å². The van der Waals surface area contributed by atoms with E-state index in [4.69, 9.17) is 0 Å². The molecule has 2 aromatic rings. The van der Waals surface area contributed by atoms with E-state index in [1.165, 1.54) is 6.07 Å². The van der Waals surface area contributed by atoms with E-state index < -0.39 is 10.0 Å². The number of benzene rings is 2. The maximum Gasteiger partial charge on any atom is 0.251 e. The summed E-state index contributed by atoms with van der Waals surface area (Å²) < 4.78 is 24.9. The molecule has 6 heteroatoms. The lowest BCUT2D eigenvalue weighted by Crippen LogP contribution is -2.28. The van der Waals surface area contributed by atoms with Gasteiger partial charge in [0.2, 0.25) is 10.0 Å². The van der Waals surface area contributed by atoms with Crippen LogP contribution in [-0.2, 0) is 10.0 Å². The molecule has 0 radical (unpaired) electrons. The van der Waals surface area contributed by atoms with Crippen molar-refractivity contribution in [2.24, 2.45) is 0 Å². The first-order chi connectivity index (χ1) is 10.9. The first-order valence-electron chi connectivity index (χ1n) is 7.32. The fourth-order valence-corrected chi connectivity index (χ4v) is 2.84. The number of amides is 1. The zero-order valence-corrected chi connectivity index (χ0v) is 13.9. The maximum absolute atomic E-state index is 12.4. The molecule has 23 heavy (non-hydrogen) atoms. The van der Waals surface area contributed by atoms with Crippen LogP contribution in [0.5, 0.6) is 0 Å². The van der Waals surface area contributed by atoms with Crippen LogP contribution in [0.4, 0.5) is 5.69 Å². The summed E-state index contributed by atoms with van der Waals surface area (Å²) in [7, 11) is -3.37. The smallest absolute Gasteiger partial charge is 0.251 e. The third-order valence-corrected chi connectivity index (χ3v) is 3.95. The van der Waals surface area contributed by atoms with Gasteiger partial charge in [-0.25, -0.2) is 8.42 Å². The van der Waals surface area contributed by atoms with Crippen LogP contribution >= 0.6 is 0 Å². The van der Waals surface area contributed by atoms with E-state index in [2.05, 4.69) is 10.0 Å².